The Bertz CT molecular complexity index is 2600. The van der Waals surface area contributed by atoms with Crippen molar-refractivity contribution in [3.05, 3.63) is 88.0 Å². The van der Waals surface area contributed by atoms with Gasteiger partial charge in [0, 0.05) is 83.4 Å². The molecule has 2 aromatic rings. The molecule has 84 heavy (non-hydrogen) atoms. The van der Waals surface area contributed by atoms with E-state index in [4.69, 9.17) is 30.5 Å². The number of cyclic esters (lactones) is 2. The van der Waals surface area contributed by atoms with Crippen molar-refractivity contribution < 1.29 is 62.1 Å². The molecule has 1 aliphatic rings. The summed E-state index contributed by atoms with van der Waals surface area (Å²) in [6.07, 6.45) is 2.05. The molecule has 1 aliphatic heterocycles. The number of halogens is 1. The summed E-state index contributed by atoms with van der Waals surface area (Å²) in [6.45, 7) is 17.3. The molecule has 4 N–H and O–H groups in total. The lowest BCUT2D eigenvalue weighted by Gasteiger charge is -2.33. The third-order valence-corrected chi connectivity index (χ3v) is 15.3. The molecule has 2 aromatic carbocycles. The van der Waals surface area contributed by atoms with Gasteiger partial charge in [-0.2, -0.15) is 0 Å². The highest BCUT2D eigenvalue weighted by Crippen LogP contribution is 2.27. The Morgan fingerprint density at radius 3 is 1.96 bits per heavy atom. The summed E-state index contributed by atoms with van der Waals surface area (Å²) in [4.78, 5) is 130. The summed E-state index contributed by atoms with van der Waals surface area (Å²) in [7, 11) is 7.91. The van der Waals surface area contributed by atoms with Gasteiger partial charge < -0.3 is 59.8 Å². The number of carbonyl (C=O) groups is 9. The van der Waals surface area contributed by atoms with Crippen LogP contribution in [0.2, 0.25) is 5.02 Å². The van der Waals surface area contributed by atoms with E-state index in [0.29, 0.717) is 48.5 Å². The van der Waals surface area contributed by atoms with E-state index in [1.807, 2.05) is 52.1 Å². The number of likely N-dealkylation sites (N-methyl/N-ethyl adjacent to an activating group) is 2. The molecule has 0 radical (unpaired) electrons. The number of esters is 2. The van der Waals surface area contributed by atoms with Crippen LogP contribution in [0.5, 0.6) is 0 Å². The first kappa shape index (κ1) is 71.1. The number of carbonyl (C=O) groups excluding carboxylic acids is 9. The van der Waals surface area contributed by atoms with Gasteiger partial charge in [-0.3, -0.25) is 24.0 Å². The molecule has 0 saturated heterocycles. The Kier molecular flexibility index (Phi) is 29.8. The number of hydrogen-bond donors (Lipinski definition) is 4. The summed E-state index contributed by atoms with van der Waals surface area (Å²) in [6, 6.07) is 9.47. The maximum atomic E-state index is 14.4. The van der Waals surface area contributed by atoms with Gasteiger partial charge in [0.1, 0.15) is 43.0 Å². The zero-order valence-corrected chi connectivity index (χ0v) is 52.8. The van der Waals surface area contributed by atoms with E-state index < -0.39 is 115 Å². The summed E-state index contributed by atoms with van der Waals surface area (Å²) in [5, 5.41) is 11.6. The second kappa shape index (κ2) is 35.2. The molecule has 2 unspecified atom stereocenters. The van der Waals surface area contributed by atoms with Gasteiger partial charge in [-0.15, -0.1) is 0 Å². The zero-order valence-electron chi connectivity index (χ0n) is 52.0. The largest absolute Gasteiger partial charge is 0.456 e. The van der Waals surface area contributed by atoms with Crippen LogP contribution in [0, 0.1) is 17.8 Å². The molecule has 0 bridgehead atoms. The van der Waals surface area contributed by atoms with E-state index in [-0.39, 0.29) is 37.4 Å². The van der Waals surface area contributed by atoms with E-state index in [1.165, 1.54) is 55.6 Å². The SMILES string of the molecule is C/C=C(\C)C1OC(=O)[C@@H](C)NC(=O)[C@H](C(C)CC)NC(=O)CN(C)C(=O)[C@@H](Cc2ccc(Cl)cc2)N(C)C(=O)[C@H](C)NC(=O)[C@@H](CC(C)C)OC(=O)/C(C)=C/C[C@H](OC(=O)N(C)CCCCCCN(C)C(=O)OCc2ccc(NC)cc2)[C@@H]1C. The Labute approximate surface area is 502 Å². The molecule has 3 rings (SSSR count). The first-order chi connectivity index (χ1) is 39.6. The van der Waals surface area contributed by atoms with Crippen LogP contribution in [-0.2, 0) is 65.5 Å². The average Bonchev–Trinajstić information content (AvgIpc) is 3.50. The van der Waals surface area contributed by atoms with Crippen molar-refractivity contribution in [1.29, 1.82) is 0 Å². The zero-order chi connectivity index (χ0) is 63.0. The van der Waals surface area contributed by atoms with Gasteiger partial charge in [-0.1, -0.05) is 102 Å². The number of unbranched alkanes of at least 4 members (excludes halogenated alkanes) is 3. The van der Waals surface area contributed by atoms with Gasteiger partial charge in [-0.05, 0) is 107 Å². The van der Waals surface area contributed by atoms with Gasteiger partial charge in [0.05, 0.1) is 6.54 Å². The van der Waals surface area contributed by atoms with Crippen LogP contribution in [0.25, 0.3) is 0 Å². The minimum Gasteiger partial charge on any atom is -0.456 e. The lowest BCUT2D eigenvalue weighted by molar-refractivity contribution is -0.155. The van der Waals surface area contributed by atoms with E-state index in [9.17, 15) is 43.2 Å². The second-order valence-corrected chi connectivity index (χ2v) is 22.9. The second-order valence-electron chi connectivity index (χ2n) is 22.5. The van der Waals surface area contributed by atoms with Gasteiger partial charge in [0.2, 0.25) is 23.6 Å². The van der Waals surface area contributed by atoms with E-state index in [2.05, 4.69) is 21.3 Å². The van der Waals surface area contributed by atoms with E-state index in [0.717, 1.165) is 29.0 Å². The fraction of sp³-hybridized carbons (Fsp3) is 0.597. The number of rotatable bonds is 18. The topological polar surface area (TPSA) is 252 Å². The molecule has 0 saturated carbocycles. The smallest absolute Gasteiger partial charge is 0.409 e. The quantitative estimate of drug-likeness (QED) is 0.0481. The normalized spacial score (nSPS) is 23.5. The Hall–Kier alpha value is -7.16. The molecule has 1 heterocycles. The third kappa shape index (κ3) is 22.8. The molecule has 0 aliphatic carbocycles. The fourth-order valence-electron chi connectivity index (χ4n) is 9.17. The summed E-state index contributed by atoms with van der Waals surface area (Å²) >= 11 is 6.17. The van der Waals surface area contributed by atoms with Gasteiger partial charge in [-0.25, -0.2) is 19.2 Å². The van der Waals surface area contributed by atoms with Gasteiger partial charge >= 0.3 is 24.1 Å². The highest BCUT2D eigenvalue weighted by molar-refractivity contribution is 6.30. The third-order valence-electron chi connectivity index (χ3n) is 15.1. The molecule has 22 heteroatoms. The first-order valence-electron chi connectivity index (χ1n) is 29.1. The van der Waals surface area contributed by atoms with Crippen molar-refractivity contribution in [2.45, 2.75) is 170 Å². The van der Waals surface area contributed by atoms with Crippen molar-refractivity contribution in [3.63, 3.8) is 0 Å². The Balaban J connectivity index is 1.95. The lowest BCUT2D eigenvalue weighted by atomic mass is 9.90. The molecule has 0 spiro atoms. The monoisotopic (exact) mass is 1190 g/mol. The number of hydrogen-bond acceptors (Lipinski definition) is 14. The van der Waals surface area contributed by atoms with Crippen LogP contribution < -0.4 is 21.3 Å². The first-order valence-corrected chi connectivity index (χ1v) is 29.4. The average molecular weight is 1190 g/mol. The minimum atomic E-state index is -1.35. The molecule has 466 valence electrons. The van der Waals surface area contributed by atoms with Crippen LogP contribution in [0.3, 0.4) is 0 Å². The number of anilines is 1. The highest BCUT2D eigenvalue weighted by atomic mass is 35.5. The molecular formula is C62H93ClN8O13. The Morgan fingerprint density at radius 1 is 0.810 bits per heavy atom. The standard InChI is InChI=1S/C62H93ClN8O13/c1-16-39(5)53-56(74)66-44(10)60(78)84-54(40(6)17-2)42(8)50(83-62(80)69(13)33-21-19-18-20-32-68(12)61(79)81-37-46-25-29-48(64-11)30-26-46)31-22-41(7)59(77)82-51(34-38(3)4)55(73)65-43(9)57(75)71(15)49(35-45-23-27-47(63)28-24-45)58(76)70(14)36-52(72)67-53/h17,22-30,38-39,42-44,49-51,53-54,64H,16,18-21,31-37H2,1-15H3,(H,65,73)(H,66,74)(H,67,72)/b40-17+,41-22+/t39?,42-,43-,44+,49+,50-,51+,53-,54?/m0/s1. The van der Waals surface area contributed by atoms with Crippen LogP contribution in [-0.4, -0.2) is 171 Å². The molecule has 0 aromatic heterocycles. The molecular weight excluding hydrogens is 1100 g/mol. The number of amides is 7. The molecule has 9 atom stereocenters. The maximum Gasteiger partial charge on any atom is 0.409 e. The number of allylic oxidation sites excluding steroid dienone is 1. The van der Waals surface area contributed by atoms with Crippen LogP contribution in [0.4, 0.5) is 15.3 Å². The van der Waals surface area contributed by atoms with E-state index in [1.54, 1.807) is 72.1 Å². The van der Waals surface area contributed by atoms with Crippen molar-refractivity contribution in [1.82, 2.24) is 35.6 Å². The summed E-state index contributed by atoms with van der Waals surface area (Å²) in [5.41, 5.74) is 3.14. The highest BCUT2D eigenvalue weighted by Gasteiger charge is 2.38. The number of nitrogens with one attached hydrogen (secondary N) is 4. The van der Waals surface area contributed by atoms with Crippen molar-refractivity contribution in [2.75, 3.05) is 60.2 Å². The molecule has 0 fully saturated rings. The van der Waals surface area contributed by atoms with Crippen molar-refractivity contribution in [2.24, 2.45) is 17.8 Å². The van der Waals surface area contributed by atoms with Crippen LogP contribution >= 0.6 is 11.6 Å². The van der Waals surface area contributed by atoms with E-state index >= 15 is 0 Å². The summed E-state index contributed by atoms with van der Waals surface area (Å²) in [5.74, 6) is -6.43. The molecule has 7 amide bonds. The number of ether oxygens (including phenoxy) is 4. The molecule has 21 nitrogen and oxygen atoms in total. The van der Waals surface area contributed by atoms with Crippen molar-refractivity contribution >= 4 is 70.9 Å². The number of nitrogens with zero attached hydrogens (tertiary/aromatic N) is 4. The van der Waals surface area contributed by atoms with Crippen LogP contribution in [0.1, 0.15) is 125 Å². The Morgan fingerprint density at radius 2 is 1.39 bits per heavy atom. The van der Waals surface area contributed by atoms with Gasteiger partial charge in [0.25, 0.3) is 5.91 Å². The van der Waals surface area contributed by atoms with Gasteiger partial charge in [0.15, 0.2) is 6.10 Å². The van der Waals surface area contributed by atoms with Crippen molar-refractivity contribution in [3.8, 4) is 0 Å². The number of benzene rings is 2. The predicted molar refractivity (Wildman–Crippen MR) is 322 cm³/mol. The van der Waals surface area contributed by atoms with Crippen LogP contribution in [0.15, 0.2) is 71.8 Å². The maximum absolute atomic E-state index is 14.4. The fourth-order valence-corrected chi connectivity index (χ4v) is 9.30. The lowest BCUT2D eigenvalue weighted by Crippen LogP contribution is -2.57. The minimum absolute atomic E-state index is 0.00334. The predicted octanol–water partition coefficient (Wildman–Crippen LogP) is 7.84. The summed E-state index contributed by atoms with van der Waals surface area (Å²) < 4.78 is 23.7.